The summed E-state index contributed by atoms with van der Waals surface area (Å²) >= 11 is 0. The second-order valence-corrected chi connectivity index (χ2v) is 5.36. The number of carboxylic acid groups (broad SMARTS) is 1. The van der Waals surface area contributed by atoms with Gasteiger partial charge in [0.25, 0.3) is 0 Å². The molecule has 1 aliphatic rings. The third-order valence-corrected chi connectivity index (χ3v) is 3.64. The summed E-state index contributed by atoms with van der Waals surface area (Å²) in [7, 11) is 0. The van der Waals surface area contributed by atoms with Gasteiger partial charge in [0.15, 0.2) is 0 Å². The van der Waals surface area contributed by atoms with E-state index in [-0.39, 0.29) is 11.8 Å². The van der Waals surface area contributed by atoms with Crippen molar-refractivity contribution in [1.29, 1.82) is 0 Å². The zero-order valence-electron chi connectivity index (χ0n) is 12.3. The fraction of sp³-hybridized carbons (Fsp3) is 0.312. The molecule has 22 heavy (non-hydrogen) atoms. The minimum absolute atomic E-state index is 0.219. The van der Waals surface area contributed by atoms with Gasteiger partial charge in [-0.3, -0.25) is 9.59 Å². The molecule has 0 saturated heterocycles. The molecule has 0 spiro atoms. The first-order valence-corrected chi connectivity index (χ1v) is 7.03. The van der Waals surface area contributed by atoms with E-state index in [4.69, 9.17) is 5.11 Å². The Bertz CT molecular complexity index is 616. The fourth-order valence-electron chi connectivity index (χ4n) is 2.37. The Morgan fingerprint density at radius 1 is 1.18 bits per heavy atom. The monoisotopic (exact) mass is 302 g/mol. The molecule has 116 valence electrons. The summed E-state index contributed by atoms with van der Waals surface area (Å²) in [4.78, 5) is 34.0. The van der Waals surface area contributed by atoms with Crippen molar-refractivity contribution in [1.82, 2.24) is 5.32 Å². The van der Waals surface area contributed by atoms with Crippen molar-refractivity contribution in [2.75, 3.05) is 5.32 Å². The lowest BCUT2D eigenvalue weighted by Crippen LogP contribution is -2.60. The Morgan fingerprint density at radius 3 is 2.27 bits per heavy atom. The molecular weight excluding hydrogens is 284 g/mol. The Morgan fingerprint density at radius 2 is 1.82 bits per heavy atom. The topological polar surface area (TPSA) is 95.5 Å². The highest BCUT2D eigenvalue weighted by atomic mass is 16.4. The summed E-state index contributed by atoms with van der Waals surface area (Å²) in [5, 5.41) is 14.1. The molecule has 2 amide bonds. The predicted octanol–water partition coefficient (Wildman–Crippen LogP) is 1.78. The lowest BCUT2D eigenvalue weighted by atomic mass is 9.76. The van der Waals surface area contributed by atoms with E-state index >= 15 is 0 Å². The largest absolute Gasteiger partial charge is 0.478 e. The first-order chi connectivity index (χ1) is 10.4. The molecule has 0 atom stereocenters. The van der Waals surface area contributed by atoms with Gasteiger partial charge in [0, 0.05) is 18.7 Å². The number of carboxylic acids is 1. The number of amides is 2. The van der Waals surface area contributed by atoms with Crippen molar-refractivity contribution in [3.8, 4) is 0 Å². The van der Waals surface area contributed by atoms with Crippen molar-refractivity contribution in [2.45, 2.75) is 31.7 Å². The van der Waals surface area contributed by atoms with Crippen molar-refractivity contribution < 1.29 is 19.5 Å². The van der Waals surface area contributed by atoms with Crippen LogP contribution in [0.1, 0.15) is 31.7 Å². The molecule has 0 aromatic heterocycles. The molecule has 2 rings (SSSR count). The first-order valence-electron chi connectivity index (χ1n) is 7.03. The van der Waals surface area contributed by atoms with Crippen LogP contribution in [0.5, 0.6) is 0 Å². The summed E-state index contributed by atoms with van der Waals surface area (Å²) in [6.07, 6.45) is 4.70. The average molecular weight is 302 g/mol. The Labute approximate surface area is 128 Å². The molecule has 0 heterocycles. The Balaban J connectivity index is 2.02. The third-order valence-electron chi connectivity index (χ3n) is 3.64. The number of anilines is 1. The smallest absolute Gasteiger partial charge is 0.328 e. The van der Waals surface area contributed by atoms with Gasteiger partial charge in [-0.2, -0.15) is 0 Å². The zero-order valence-corrected chi connectivity index (χ0v) is 12.3. The zero-order chi connectivity index (χ0) is 16.2. The molecule has 1 saturated carbocycles. The van der Waals surface area contributed by atoms with Crippen LogP contribution in [0.3, 0.4) is 0 Å². The van der Waals surface area contributed by atoms with Crippen molar-refractivity contribution in [3.05, 3.63) is 35.9 Å². The summed E-state index contributed by atoms with van der Waals surface area (Å²) in [5.41, 5.74) is 0.531. The Kier molecular flexibility index (Phi) is 4.60. The summed E-state index contributed by atoms with van der Waals surface area (Å²) in [6, 6.07) is 6.81. The van der Waals surface area contributed by atoms with Crippen LogP contribution in [-0.4, -0.2) is 28.4 Å². The van der Waals surface area contributed by atoms with E-state index in [9.17, 15) is 14.4 Å². The van der Waals surface area contributed by atoms with Gasteiger partial charge in [-0.1, -0.05) is 12.1 Å². The van der Waals surface area contributed by atoms with Gasteiger partial charge in [-0.15, -0.1) is 0 Å². The molecule has 1 aliphatic carbocycles. The van der Waals surface area contributed by atoms with Crippen LogP contribution in [0.15, 0.2) is 30.3 Å². The van der Waals surface area contributed by atoms with Crippen molar-refractivity contribution >= 4 is 29.5 Å². The minimum Gasteiger partial charge on any atom is -0.478 e. The number of hydrogen-bond acceptors (Lipinski definition) is 3. The lowest BCUT2D eigenvalue weighted by molar-refractivity contribution is -0.132. The SMILES string of the molecule is CC(=O)NC1(C(=O)Nc2ccc(C=CC(=O)O)cc2)CCC1. The van der Waals surface area contributed by atoms with Gasteiger partial charge in [-0.05, 0) is 43.0 Å². The summed E-state index contributed by atoms with van der Waals surface area (Å²) < 4.78 is 0. The van der Waals surface area contributed by atoms with E-state index in [2.05, 4.69) is 10.6 Å². The van der Waals surface area contributed by atoms with Gasteiger partial charge >= 0.3 is 5.97 Å². The standard InChI is InChI=1S/C16H18N2O4/c1-11(19)18-16(9-2-10-16)15(22)17-13-6-3-12(4-7-13)5-8-14(20)21/h3-8H,2,9-10H2,1H3,(H,17,22)(H,18,19)(H,20,21). The maximum absolute atomic E-state index is 12.3. The van der Waals surface area contributed by atoms with E-state index < -0.39 is 11.5 Å². The number of aliphatic carboxylic acids is 1. The Hall–Kier alpha value is -2.63. The van der Waals surface area contributed by atoms with Gasteiger partial charge in [-0.25, -0.2) is 4.79 Å². The number of hydrogen-bond donors (Lipinski definition) is 3. The summed E-state index contributed by atoms with van der Waals surface area (Å²) in [6.45, 7) is 1.40. The molecular formula is C16H18N2O4. The lowest BCUT2D eigenvalue weighted by Gasteiger charge is -2.40. The highest BCUT2D eigenvalue weighted by molar-refractivity contribution is 6.01. The number of nitrogens with one attached hydrogen (secondary N) is 2. The van der Waals surface area contributed by atoms with E-state index in [1.54, 1.807) is 24.3 Å². The minimum atomic E-state index is -1.01. The second kappa shape index (κ2) is 6.43. The molecule has 6 nitrogen and oxygen atoms in total. The first kappa shape index (κ1) is 15.8. The quantitative estimate of drug-likeness (QED) is 0.722. The number of rotatable bonds is 5. The van der Waals surface area contributed by atoms with Crippen LogP contribution in [0.2, 0.25) is 0 Å². The molecule has 1 aromatic rings. The van der Waals surface area contributed by atoms with E-state index in [0.717, 1.165) is 18.1 Å². The second-order valence-electron chi connectivity index (χ2n) is 5.36. The van der Waals surface area contributed by atoms with Crippen LogP contribution in [0.4, 0.5) is 5.69 Å². The number of carbonyl (C=O) groups excluding carboxylic acids is 2. The molecule has 6 heteroatoms. The van der Waals surface area contributed by atoms with Gasteiger partial charge in [0.1, 0.15) is 5.54 Å². The highest BCUT2D eigenvalue weighted by Crippen LogP contribution is 2.33. The van der Waals surface area contributed by atoms with Gasteiger partial charge in [0.2, 0.25) is 11.8 Å². The molecule has 0 aliphatic heterocycles. The van der Waals surface area contributed by atoms with Crippen LogP contribution >= 0.6 is 0 Å². The number of benzene rings is 1. The molecule has 0 unspecified atom stereocenters. The summed E-state index contributed by atoms with van der Waals surface area (Å²) in [5.74, 6) is -1.45. The van der Waals surface area contributed by atoms with Crippen LogP contribution in [0.25, 0.3) is 6.08 Å². The van der Waals surface area contributed by atoms with Crippen LogP contribution in [0, 0.1) is 0 Å². The maximum Gasteiger partial charge on any atom is 0.328 e. The molecule has 0 bridgehead atoms. The van der Waals surface area contributed by atoms with Gasteiger partial charge < -0.3 is 15.7 Å². The molecule has 0 radical (unpaired) electrons. The van der Waals surface area contributed by atoms with Crippen LogP contribution in [-0.2, 0) is 14.4 Å². The van der Waals surface area contributed by atoms with E-state index in [1.165, 1.54) is 13.0 Å². The third kappa shape index (κ3) is 3.72. The predicted molar refractivity (Wildman–Crippen MR) is 82.1 cm³/mol. The van der Waals surface area contributed by atoms with Crippen molar-refractivity contribution in [3.63, 3.8) is 0 Å². The van der Waals surface area contributed by atoms with E-state index in [0.29, 0.717) is 18.5 Å². The molecule has 1 aromatic carbocycles. The molecule has 1 fully saturated rings. The highest BCUT2D eigenvalue weighted by Gasteiger charge is 2.44. The molecule has 3 N–H and O–H groups in total. The normalized spacial score (nSPS) is 15.9. The van der Waals surface area contributed by atoms with Crippen LogP contribution < -0.4 is 10.6 Å². The van der Waals surface area contributed by atoms with Gasteiger partial charge in [0.05, 0.1) is 0 Å². The average Bonchev–Trinajstić information content (AvgIpc) is 2.41. The number of carbonyl (C=O) groups is 3. The van der Waals surface area contributed by atoms with Crippen molar-refractivity contribution in [2.24, 2.45) is 0 Å². The fourth-order valence-corrected chi connectivity index (χ4v) is 2.37. The van der Waals surface area contributed by atoms with E-state index in [1.807, 2.05) is 0 Å². The maximum atomic E-state index is 12.3.